The summed E-state index contributed by atoms with van der Waals surface area (Å²) in [7, 11) is 0. The molecule has 0 aromatic heterocycles. The third-order valence-electron chi connectivity index (χ3n) is 5.88. The maximum atomic E-state index is 13.9. The van der Waals surface area contributed by atoms with Crippen molar-refractivity contribution in [3.05, 3.63) is 57.6 Å². The third kappa shape index (κ3) is 8.24. The van der Waals surface area contributed by atoms with Gasteiger partial charge in [0.15, 0.2) is 0 Å². The van der Waals surface area contributed by atoms with E-state index >= 15 is 0 Å². The van der Waals surface area contributed by atoms with Crippen LogP contribution in [0.1, 0.15) is 77.1 Å². The molecule has 0 saturated heterocycles. The number of thiol groups is 1. The predicted molar refractivity (Wildman–Crippen MR) is 142 cm³/mol. The van der Waals surface area contributed by atoms with Gasteiger partial charge in [0.2, 0.25) is 0 Å². The number of alkyl halides is 3. The third-order valence-corrected chi connectivity index (χ3v) is 6.79. The van der Waals surface area contributed by atoms with Gasteiger partial charge in [-0.2, -0.15) is 25.8 Å². The van der Waals surface area contributed by atoms with Crippen molar-refractivity contribution >= 4 is 24.2 Å². The van der Waals surface area contributed by atoms with Crippen molar-refractivity contribution in [3.63, 3.8) is 0 Å². The number of halogens is 4. The first kappa shape index (κ1) is 29.7. The van der Waals surface area contributed by atoms with Crippen molar-refractivity contribution in [3.8, 4) is 11.5 Å². The summed E-state index contributed by atoms with van der Waals surface area (Å²) < 4.78 is 53.3. The molecule has 2 aromatic carbocycles. The average Bonchev–Trinajstić information content (AvgIpc) is 3.06. The fourth-order valence-corrected chi connectivity index (χ4v) is 5.00. The molecule has 196 valence electrons. The summed E-state index contributed by atoms with van der Waals surface area (Å²) in [5.41, 5.74) is 0.999. The molecule has 0 saturated carbocycles. The van der Waals surface area contributed by atoms with Crippen LogP contribution in [0.3, 0.4) is 0 Å². The Labute approximate surface area is 219 Å². The molecular weight excluding hydrogens is 493 g/mol. The SMILES string of the molecule is CC.CC(C)CC(C)C(S)Cc1ccc(OCc2cc(Cl)cc3c2OC(C)(C)C3)c(C(F)(F)F)c1. The van der Waals surface area contributed by atoms with Gasteiger partial charge >= 0.3 is 6.18 Å². The summed E-state index contributed by atoms with van der Waals surface area (Å²) in [6.07, 6.45) is -2.41. The zero-order valence-corrected chi connectivity index (χ0v) is 23.4. The highest BCUT2D eigenvalue weighted by Gasteiger charge is 2.36. The lowest BCUT2D eigenvalue weighted by Gasteiger charge is -2.22. The number of hydrogen-bond acceptors (Lipinski definition) is 3. The second-order valence-electron chi connectivity index (χ2n) is 10.1. The van der Waals surface area contributed by atoms with Crippen molar-refractivity contribution < 1.29 is 22.6 Å². The van der Waals surface area contributed by atoms with Crippen LogP contribution in [0.25, 0.3) is 0 Å². The molecule has 7 heteroatoms. The molecule has 0 radical (unpaired) electrons. The second kappa shape index (κ2) is 12.1. The van der Waals surface area contributed by atoms with Gasteiger partial charge in [-0.15, -0.1) is 0 Å². The van der Waals surface area contributed by atoms with Crippen LogP contribution in [-0.4, -0.2) is 10.9 Å². The Morgan fingerprint density at radius 2 is 1.77 bits per heavy atom. The lowest BCUT2D eigenvalue weighted by Crippen LogP contribution is -2.25. The van der Waals surface area contributed by atoms with Gasteiger partial charge in [0, 0.05) is 22.3 Å². The molecule has 1 aliphatic heterocycles. The van der Waals surface area contributed by atoms with E-state index < -0.39 is 17.3 Å². The van der Waals surface area contributed by atoms with E-state index in [0.29, 0.717) is 46.6 Å². The summed E-state index contributed by atoms with van der Waals surface area (Å²) in [4.78, 5) is 0. The van der Waals surface area contributed by atoms with Gasteiger partial charge in [-0.05, 0) is 73.9 Å². The van der Waals surface area contributed by atoms with Gasteiger partial charge in [-0.3, -0.25) is 0 Å². The number of benzene rings is 2. The van der Waals surface area contributed by atoms with E-state index in [1.807, 2.05) is 33.8 Å². The first-order valence-electron chi connectivity index (χ1n) is 12.3. The topological polar surface area (TPSA) is 18.5 Å². The first-order valence-corrected chi connectivity index (χ1v) is 13.2. The largest absolute Gasteiger partial charge is 0.488 e. The minimum Gasteiger partial charge on any atom is -0.488 e. The Hall–Kier alpha value is -1.53. The molecule has 2 nitrogen and oxygen atoms in total. The zero-order valence-electron chi connectivity index (χ0n) is 21.7. The van der Waals surface area contributed by atoms with Crippen LogP contribution in [0, 0.1) is 11.8 Å². The Bertz CT molecular complexity index is 989. The molecule has 0 bridgehead atoms. The summed E-state index contributed by atoms with van der Waals surface area (Å²) in [6.45, 7) is 14.2. The van der Waals surface area contributed by atoms with Crippen LogP contribution in [0.5, 0.6) is 11.5 Å². The van der Waals surface area contributed by atoms with Crippen molar-refractivity contribution in [1.82, 2.24) is 0 Å². The van der Waals surface area contributed by atoms with Crippen molar-refractivity contribution in [2.24, 2.45) is 11.8 Å². The highest BCUT2D eigenvalue weighted by Crippen LogP contribution is 2.41. The Morgan fingerprint density at radius 1 is 1.11 bits per heavy atom. The van der Waals surface area contributed by atoms with Crippen LogP contribution in [0.4, 0.5) is 13.2 Å². The average molecular weight is 531 g/mol. The smallest absolute Gasteiger partial charge is 0.419 e. The minimum absolute atomic E-state index is 0.0187. The second-order valence-corrected chi connectivity index (χ2v) is 11.2. The van der Waals surface area contributed by atoms with Gasteiger partial charge in [0.25, 0.3) is 0 Å². The molecule has 0 N–H and O–H groups in total. The highest BCUT2D eigenvalue weighted by molar-refractivity contribution is 7.81. The van der Waals surface area contributed by atoms with Crippen LogP contribution in [-0.2, 0) is 25.6 Å². The van der Waals surface area contributed by atoms with E-state index in [1.54, 1.807) is 12.1 Å². The molecule has 2 atom stereocenters. The molecule has 2 aromatic rings. The molecule has 0 amide bonds. The molecule has 1 aliphatic rings. The van der Waals surface area contributed by atoms with Gasteiger partial charge < -0.3 is 9.47 Å². The van der Waals surface area contributed by atoms with Crippen LogP contribution in [0.15, 0.2) is 30.3 Å². The monoisotopic (exact) mass is 530 g/mol. The van der Waals surface area contributed by atoms with E-state index in [9.17, 15) is 13.2 Å². The van der Waals surface area contributed by atoms with Gasteiger partial charge in [-0.1, -0.05) is 52.3 Å². The Balaban J connectivity index is 0.00000210. The van der Waals surface area contributed by atoms with Crippen molar-refractivity contribution in [1.29, 1.82) is 0 Å². The fraction of sp³-hybridized carbons (Fsp3) is 0.571. The summed E-state index contributed by atoms with van der Waals surface area (Å²) in [5.74, 6) is 1.25. The molecule has 0 spiro atoms. The molecular formula is C28H38ClF3O2S. The van der Waals surface area contributed by atoms with Crippen molar-refractivity contribution in [2.75, 3.05) is 0 Å². The quantitative estimate of drug-likeness (QED) is 0.343. The lowest BCUT2D eigenvalue weighted by molar-refractivity contribution is -0.139. The molecule has 1 heterocycles. The number of fused-ring (bicyclic) bond motifs is 1. The van der Waals surface area contributed by atoms with E-state index in [2.05, 4.69) is 33.4 Å². The molecule has 35 heavy (non-hydrogen) atoms. The summed E-state index contributed by atoms with van der Waals surface area (Å²) in [5, 5.41) is 0.491. The maximum Gasteiger partial charge on any atom is 0.419 e. The van der Waals surface area contributed by atoms with Crippen LogP contribution >= 0.6 is 24.2 Å². The number of hydrogen-bond donors (Lipinski definition) is 1. The van der Waals surface area contributed by atoms with E-state index in [-0.39, 0.29) is 17.6 Å². The van der Waals surface area contributed by atoms with E-state index in [1.165, 1.54) is 12.1 Å². The highest BCUT2D eigenvalue weighted by atomic mass is 35.5. The minimum atomic E-state index is -4.53. The number of ether oxygens (including phenoxy) is 2. The zero-order chi connectivity index (χ0) is 26.6. The Kier molecular flexibility index (Phi) is 10.3. The van der Waals surface area contributed by atoms with Crippen LogP contribution < -0.4 is 9.47 Å². The molecule has 2 unspecified atom stereocenters. The molecule has 3 rings (SSSR count). The maximum absolute atomic E-state index is 13.9. The fourth-order valence-electron chi connectivity index (χ4n) is 4.40. The first-order chi connectivity index (χ1) is 16.2. The standard InChI is InChI=1S/C26H32ClF3O2S.C2H6/c1-15(2)8-16(3)23(33)10-17-6-7-22(21(9-17)26(28,29)30)31-14-19-12-20(27)11-18-13-25(4,5)32-24(18)19;1-2/h6-7,9,11-12,15-16,23,33H,8,10,13-14H2,1-5H3;1-2H3. The van der Waals surface area contributed by atoms with Gasteiger partial charge in [0.1, 0.15) is 23.7 Å². The normalized spacial score (nSPS) is 16.1. The van der Waals surface area contributed by atoms with E-state index in [4.69, 9.17) is 21.1 Å². The van der Waals surface area contributed by atoms with Gasteiger partial charge in [-0.25, -0.2) is 0 Å². The van der Waals surface area contributed by atoms with Crippen LogP contribution in [0.2, 0.25) is 5.02 Å². The van der Waals surface area contributed by atoms with Gasteiger partial charge in [0.05, 0.1) is 5.56 Å². The molecule has 0 aliphatic carbocycles. The van der Waals surface area contributed by atoms with Crippen molar-refractivity contribution in [2.45, 2.75) is 91.4 Å². The lowest BCUT2D eigenvalue weighted by atomic mass is 9.92. The summed E-state index contributed by atoms with van der Waals surface area (Å²) >= 11 is 10.9. The predicted octanol–water partition coefficient (Wildman–Crippen LogP) is 9.20. The molecule has 0 fully saturated rings. The number of rotatable bonds is 8. The Morgan fingerprint density at radius 3 is 2.37 bits per heavy atom. The summed E-state index contributed by atoms with van der Waals surface area (Å²) in [6, 6.07) is 7.80. The van der Waals surface area contributed by atoms with E-state index in [0.717, 1.165) is 12.0 Å².